The van der Waals surface area contributed by atoms with Crippen molar-refractivity contribution in [1.82, 2.24) is 10.2 Å². The fourth-order valence-electron chi connectivity index (χ4n) is 3.01. The molecule has 1 aromatic rings. The molecule has 0 amide bonds. The molecule has 2 N–H and O–H groups in total. The van der Waals surface area contributed by atoms with Crippen LogP contribution in [-0.4, -0.2) is 49.9 Å². The van der Waals surface area contributed by atoms with E-state index in [9.17, 15) is 5.11 Å². The average molecular weight is 292 g/mol. The lowest BCUT2D eigenvalue weighted by Crippen LogP contribution is -2.39. The Bertz CT molecular complexity index is 429. The van der Waals surface area contributed by atoms with E-state index < -0.39 is 0 Å². The Morgan fingerprint density at radius 2 is 2.00 bits per heavy atom. The lowest BCUT2D eigenvalue weighted by Gasteiger charge is -2.31. The second-order valence-electron chi connectivity index (χ2n) is 6.17. The Kier molecular flexibility index (Phi) is 6.03. The summed E-state index contributed by atoms with van der Waals surface area (Å²) in [5, 5.41) is 13.2. The maximum Gasteiger partial charge on any atom is 0.119 e. The Morgan fingerprint density at radius 3 is 2.62 bits per heavy atom. The number of likely N-dealkylation sites (N-methyl/N-ethyl adjacent to an activating group) is 1. The number of hydrogen-bond acceptors (Lipinski definition) is 4. The number of nitrogens with zero attached hydrogens (tertiary/aromatic N) is 1. The molecule has 1 saturated carbocycles. The molecule has 1 atom stereocenters. The minimum Gasteiger partial charge on any atom is -0.497 e. The summed E-state index contributed by atoms with van der Waals surface area (Å²) in [6, 6.07) is 9.14. The molecule has 0 aromatic heterocycles. The summed E-state index contributed by atoms with van der Waals surface area (Å²) < 4.78 is 5.32. The van der Waals surface area contributed by atoms with Crippen LogP contribution in [0.3, 0.4) is 0 Å². The van der Waals surface area contributed by atoms with Gasteiger partial charge in [0.25, 0.3) is 0 Å². The van der Waals surface area contributed by atoms with Gasteiger partial charge in [0.05, 0.1) is 13.2 Å². The zero-order chi connectivity index (χ0) is 15.2. The molecule has 0 spiro atoms. The van der Waals surface area contributed by atoms with Crippen molar-refractivity contribution in [2.75, 3.05) is 27.7 Å². The van der Waals surface area contributed by atoms with Crippen molar-refractivity contribution in [3.05, 3.63) is 29.8 Å². The van der Waals surface area contributed by atoms with Gasteiger partial charge in [-0.1, -0.05) is 12.1 Å². The summed E-state index contributed by atoms with van der Waals surface area (Å²) >= 11 is 0. The van der Waals surface area contributed by atoms with E-state index in [4.69, 9.17) is 4.74 Å². The first-order valence-electron chi connectivity index (χ1n) is 7.82. The Balaban J connectivity index is 1.95. The van der Waals surface area contributed by atoms with Crippen molar-refractivity contribution in [3.8, 4) is 5.75 Å². The van der Waals surface area contributed by atoms with Gasteiger partial charge in [-0.25, -0.2) is 0 Å². The number of benzene rings is 1. The number of aliphatic hydroxyl groups excluding tert-OH is 1. The SMILES string of the molecule is COc1cccc(C(CNC2CCC(O)CC2)N(C)C)c1. The number of rotatable bonds is 6. The molecular weight excluding hydrogens is 264 g/mol. The predicted octanol–water partition coefficient (Wildman–Crippen LogP) is 2.19. The summed E-state index contributed by atoms with van der Waals surface area (Å²) in [5.74, 6) is 0.903. The van der Waals surface area contributed by atoms with Gasteiger partial charge < -0.3 is 20.1 Å². The van der Waals surface area contributed by atoms with Gasteiger partial charge in [-0.2, -0.15) is 0 Å². The van der Waals surface area contributed by atoms with E-state index in [0.717, 1.165) is 38.0 Å². The van der Waals surface area contributed by atoms with Crippen molar-refractivity contribution in [3.63, 3.8) is 0 Å². The Labute approximate surface area is 128 Å². The van der Waals surface area contributed by atoms with Crippen molar-refractivity contribution >= 4 is 0 Å². The minimum atomic E-state index is -0.0916. The molecule has 1 aromatic carbocycles. The molecular formula is C17H28N2O2. The van der Waals surface area contributed by atoms with Gasteiger partial charge in [0.15, 0.2) is 0 Å². The zero-order valence-electron chi connectivity index (χ0n) is 13.4. The van der Waals surface area contributed by atoms with Crippen LogP contribution in [0, 0.1) is 0 Å². The fourth-order valence-corrected chi connectivity index (χ4v) is 3.01. The van der Waals surface area contributed by atoms with E-state index in [0.29, 0.717) is 12.1 Å². The lowest BCUT2D eigenvalue weighted by atomic mass is 9.93. The van der Waals surface area contributed by atoms with Crippen LogP contribution < -0.4 is 10.1 Å². The quantitative estimate of drug-likeness (QED) is 0.843. The molecule has 0 bridgehead atoms. The number of methoxy groups -OCH3 is 1. The summed E-state index contributed by atoms with van der Waals surface area (Å²) in [5.41, 5.74) is 1.27. The molecule has 4 nitrogen and oxygen atoms in total. The highest BCUT2D eigenvalue weighted by Crippen LogP contribution is 2.23. The predicted molar refractivity (Wildman–Crippen MR) is 85.7 cm³/mol. The first kappa shape index (κ1) is 16.3. The van der Waals surface area contributed by atoms with Crippen molar-refractivity contribution in [1.29, 1.82) is 0 Å². The monoisotopic (exact) mass is 292 g/mol. The zero-order valence-corrected chi connectivity index (χ0v) is 13.4. The molecule has 0 radical (unpaired) electrons. The molecule has 0 aliphatic heterocycles. The first-order valence-corrected chi connectivity index (χ1v) is 7.82. The van der Waals surface area contributed by atoms with Crippen LogP contribution in [0.15, 0.2) is 24.3 Å². The molecule has 118 valence electrons. The fraction of sp³-hybridized carbons (Fsp3) is 0.647. The molecule has 1 unspecified atom stereocenters. The number of ether oxygens (including phenoxy) is 1. The molecule has 2 rings (SSSR count). The van der Waals surface area contributed by atoms with Gasteiger partial charge in [0, 0.05) is 18.6 Å². The maximum atomic E-state index is 9.58. The largest absolute Gasteiger partial charge is 0.497 e. The van der Waals surface area contributed by atoms with E-state index in [1.54, 1.807) is 7.11 Å². The number of aliphatic hydroxyl groups is 1. The molecule has 0 saturated heterocycles. The van der Waals surface area contributed by atoms with Gasteiger partial charge in [0.1, 0.15) is 5.75 Å². The Morgan fingerprint density at radius 1 is 1.29 bits per heavy atom. The summed E-state index contributed by atoms with van der Waals surface area (Å²) in [6.07, 6.45) is 3.89. The maximum absolute atomic E-state index is 9.58. The molecule has 1 aliphatic rings. The molecule has 21 heavy (non-hydrogen) atoms. The highest BCUT2D eigenvalue weighted by Gasteiger charge is 2.21. The van der Waals surface area contributed by atoms with Crippen LogP contribution in [0.1, 0.15) is 37.3 Å². The third-order valence-corrected chi connectivity index (χ3v) is 4.40. The van der Waals surface area contributed by atoms with Gasteiger partial charge >= 0.3 is 0 Å². The average Bonchev–Trinajstić information content (AvgIpc) is 2.49. The number of hydrogen-bond donors (Lipinski definition) is 2. The smallest absolute Gasteiger partial charge is 0.119 e. The van der Waals surface area contributed by atoms with Crippen LogP contribution in [0.2, 0.25) is 0 Å². The van der Waals surface area contributed by atoms with Crippen LogP contribution in [0.5, 0.6) is 5.75 Å². The highest BCUT2D eigenvalue weighted by molar-refractivity contribution is 5.30. The topological polar surface area (TPSA) is 44.7 Å². The van der Waals surface area contributed by atoms with Gasteiger partial charge in [-0.15, -0.1) is 0 Å². The van der Waals surface area contributed by atoms with Crippen molar-refractivity contribution in [2.45, 2.75) is 43.9 Å². The lowest BCUT2D eigenvalue weighted by molar-refractivity contribution is 0.115. The number of nitrogens with one attached hydrogen (secondary N) is 1. The van der Waals surface area contributed by atoms with Crippen molar-refractivity contribution in [2.24, 2.45) is 0 Å². The van der Waals surface area contributed by atoms with Gasteiger partial charge in [-0.3, -0.25) is 0 Å². The van der Waals surface area contributed by atoms with E-state index in [2.05, 4.69) is 36.4 Å². The third-order valence-electron chi connectivity index (χ3n) is 4.40. The molecule has 4 heteroatoms. The Hall–Kier alpha value is -1.10. The standard InChI is InChI=1S/C17H28N2O2/c1-19(2)17(13-5-4-6-16(11-13)21-3)12-18-14-7-9-15(20)10-8-14/h4-6,11,14-15,17-18,20H,7-10,12H2,1-3H3. The molecule has 1 fully saturated rings. The van der Waals surface area contributed by atoms with E-state index in [1.165, 1.54) is 5.56 Å². The van der Waals surface area contributed by atoms with E-state index in [-0.39, 0.29) is 6.10 Å². The normalized spacial score (nSPS) is 24.0. The summed E-state index contributed by atoms with van der Waals surface area (Å²) in [6.45, 7) is 0.918. The second kappa shape index (κ2) is 7.78. The van der Waals surface area contributed by atoms with E-state index in [1.807, 2.05) is 12.1 Å². The molecule has 0 heterocycles. The summed E-state index contributed by atoms with van der Waals surface area (Å²) in [4.78, 5) is 2.24. The van der Waals surface area contributed by atoms with Crippen LogP contribution in [0.4, 0.5) is 0 Å². The first-order chi connectivity index (χ1) is 10.1. The second-order valence-corrected chi connectivity index (χ2v) is 6.17. The summed E-state index contributed by atoms with van der Waals surface area (Å²) in [7, 11) is 5.92. The molecule has 1 aliphatic carbocycles. The highest BCUT2D eigenvalue weighted by atomic mass is 16.5. The van der Waals surface area contributed by atoms with Gasteiger partial charge in [0.2, 0.25) is 0 Å². The van der Waals surface area contributed by atoms with Crippen LogP contribution in [0.25, 0.3) is 0 Å². The van der Waals surface area contributed by atoms with Crippen LogP contribution >= 0.6 is 0 Å². The van der Waals surface area contributed by atoms with Crippen molar-refractivity contribution < 1.29 is 9.84 Å². The van der Waals surface area contributed by atoms with Crippen LogP contribution in [-0.2, 0) is 0 Å². The van der Waals surface area contributed by atoms with Gasteiger partial charge in [-0.05, 0) is 57.5 Å². The van der Waals surface area contributed by atoms with E-state index >= 15 is 0 Å². The third kappa shape index (κ3) is 4.70. The minimum absolute atomic E-state index is 0.0916.